The Morgan fingerprint density at radius 3 is 2.59 bits per heavy atom. The fraction of sp³-hybridized carbons (Fsp3) is 0.188. The number of hydrogen-bond donors (Lipinski definition) is 2. The Bertz CT molecular complexity index is 699. The second kappa shape index (κ2) is 6.82. The van der Waals surface area contributed by atoms with Crippen molar-refractivity contribution >= 4 is 17.1 Å². The van der Waals surface area contributed by atoms with Crippen molar-refractivity contribution in [3.8, 4) is 0 Å². The fourth-order valence-corrected chi connectivity index (χ4v) is 2.02. The molecule has 0 fully saturated rings. The van der Waals surface area contributed by atoms with E-state index in [0.717, 1.165) is 5.56 Å². The minimum absolute atomic E-state index is 0.0514. The van der Waals surface area contributed by atoms with Gasteiger partial charge in [0.05, 0.1) is 23.3 Å². The molecule has 0 heterocycles. The summed E-state index contributed by atoms with van der Waals surface area (Å²) in [5, 5.41) is 20.2. The molecule has 6 heteroatoms. The molecule has 2 rings (SSSR count). The Labute approximate surface area is 128 Å². The average molecular weight is 299 g/mol. The van der Waals surface area contributed by atoms with Crippen LogP contribution in [0.2, 0.25) is 0 Å². The van der Waals surface area contributed by atoms with E-state index in [4.69, 9.17) is 5.73 Å². The number of rotatable bonds is 5. The highest BCUT2D eigenvalue weighted by atomic mass is 16.6. The zero-order valence-corrected chi connectivity index (χ0v) is 12.1. The van der Waals surface area contributed by atoms with E-state index >= 15 is 0 Å². The molecule has 114 valence electrons. The van der Waals surface area contributed by atoms with Crippen LogP contribution in [0.25, 0.3) is 0 Å². The molecule has 1 unspecified atom stereocenters. The zero-order valence-electron chi connectivity index (χ0n) is 12.1. The average Bonchev–Trinajstić information content (AvgIpc) is 2.53. The quantitative estimate of drug-likeness (QED) is 0.383. The molecule has 22 heavy (non-hydrogen) atoms. The van der Waals surface area contributed by atoms with Crippen LogP contribution in [0, 0.1) is 10.1 Å². The second-order valence-corrected chi connectivity index (χ2v) is 4.90. The van der Waals surface area contributed by atoms with E-state index in [1.807, 2.05) is 30.3 Å². The van der Waals surface area contributed by atoms with Crippen molar-refractivity contribution in [3.05, 3.63) is 69.8 Å². The van der Waals surface area contributed by atoms with Crippen molar-refractivity contribution in [3.63, 3.8) is 0 Å². The number of aliphatic hydroxyl groups is 1. The molecule has 0 radical (unpaired) electrons. The van der Waals surface area contributed by atoms with Crippen molar-refractivity contribution in [2.75, 3.05) is 12.3 Å². The maximum absolute atomic E-state index is 11.0. The van der Waals surface area contributed by atoms with E-state index in [1.165, 1.54) is 18.2 Å². The first kappa shape index (κ1) is 15.7. The highest BCUT2D eigenvalue weighted by molar-refractivity contribution is 6.16. The van der Waals surface area contributed by atoms with Crippen molar-refractivity contribution in [1.82, 2.24) is 0 Å². The number of nitrogen functional groups attached to an aromatic ring is 1. The van der Waals surface area contributed by atoms with Crippen LogP contribution in [0.5, 0.6) is 0 Å². The maximum Gasteiger partial charge on any atom is 0.270 e. The lowest BCUT2D eigenvalue weighted by atomic mass is 9.99. The van der Waals surface area contributed by atoms with Gasteiger partial charge in [0, 0.05) is 28.9 Å². The molecule has 3 N–H and O–H groups in total. The molecule has 1 atom stereocenters. The van der Waals surface area contributed by atoms with Crippen LogP contribution < -0.4 is 5.73 Å². The largest absolute Gasteiger partial charge is 0.398 e. The summed E-state index contributed by atoms with van der Waals surface area (Å²) < 4.78 is 0. The van der Waals surface area contributed by atoms with Crippen LogP contribution in [-0.2, 0) is 0 Å². The van der Waals surface area contributed by atoms with Crippen LogP contribution in [0.3, 0.4) is 0 Å². The number of aliphatic imine (C=N–C) groups is 1. The number of benzene rings is 2. The summed E-state index contributed by atoms with van der Waals surface area (Å²) in [6, 6.07) is 13.2. The minimum atomic E-state index is -0.471. The Morgan fingerprint density at radius 1 is 1.32 bits per heavy atom. The predicted molar refractivity (Wildman–Crippen MR) is 86.1 cm³/mol. The van der Waals surface area contributed by atoms with Crippen molar-refractivity contribution in [2.45, 2.75) is 13.0 Å². The molecule has 0 aliphatic carbocycles. The summed E-state index contributed by atoms with van der Waals surface area (Å²) in [4.78, 5) is 15.0. The first-order valence-corrected chi connectivity index (χ1v) is 6.81. The number of nitro groups is 1. The molecule has 0 saturated heterocycles. The van der Waals surface area contributed by atoms with Gasteiger partial charge in [0.2, 0.25) is 0 Å². The first-order valence-electron chi connectivity index (χ1n) is 6.81. The summed E-state index contributed by atoms with van der Waals surface area (Å²) in [7, 11) is 0. The van der Waals surface area contributed by atoms with Gasteiger partial charge < -0.3 is 10.8 Å². The molecule has 0 spiro atoms. The molecule has 0 saturated carbocycles. The Balaban J connectivity index is 2.62. The highest BCUT2D eigenvalue weighted by Gasteiger charge is 2.16. The summed E-state index contributed by atoms with van der Waals surface area (Å²) >= 11 is 0. The lowest BCUT2D eigenvalue weighted by Gasteiger charge is -2.12. The van der Waals surface area contributed by atoms with E-state index in [2.05, 4.69) is 4.99 Å². The third-order valence-corrected chi connectivity index (χ3v) is 3.16. The number of nitrogens with zero attached hydrogens (tertiary/aromatic N) is 2. The number of aliphatic hydroxyl groups excluding tert-OH is 1. The normalized spacial score (nSPS) is 12.9. The molecule has 0 aliphatic heterocycles. The van der Waals surface area contributed by atoms with Crippen molar-refractivity contribution in [1.29, 1.82) is 0 Å². The van der Waals surface area contributed by atoms with Crippen molar-refractivity contribution in [2.24, 2.45) is 4.99 Å². The molecule has 0 bridgehead atoms. The summed E-state index contributed by atoms with van der Waals surface area (Å²) in [6.45, 7) is 1.64. The summed E-state index contributed by atoms with van der Waals surface area (Å²) in [5.74, 6) is 0. The first-order chi connectivity index (χ1) is 10.5. The number of nitrogens with two attached hydrogens (primary N) is 1. The van der Waals surface area contributed by atoms with Crippen LogP contribution in [0.1, 0.15) is 18.1 Å². The third-order valence-electron chi connectivity index (χ3n) is 3.16. The fourth-order valence-electron chi connectivity index (χ4n) is 2.02. The summed E-state index contributed by atoms with van der Waals surface area (Å²) in [5.41, 5.74) is 8.13. The number of hydrogen-bond acceptors (Lipinski definition) is 5. The van der Waals surface area contributed by atoms with Crippen LogP contribution >= 0.6 is 0 Å². The van der Waals surface area contributed by atoms with E-state index in [0.29, 0.717) is 17.0 Å². The van der Waals surface area contributed by atoms with Crippen LogP contribution in [0.15, 0.2) is 53.5 Å². The third kappa shape index (κ3) is 3.48. The Morgan fingerprint density at radius 2 is 2.00 bits per heavy atom. The highest BCUT2D eigenvalue weighted by Crippen LogP contribution is 2.23. The molecular formula is C16H17N3O3. The predicted octanol–water partition coefficient (Wildman–Crippen LogP) is 2.40. The SMILES string of the molecule is CC(CO)N=C(c1ccccc1)c1cc([N+](=O)[O-])ccc1N. The molecule has 0 aliphatic rings. The molecule has 2 aromatic rings. The second-order valence-electron chi connectivity index (χ2n) is 4.90. The number of anilines is 1. The lowest BCUT2D eigenvalue weighted by Crippen LogP contribution is -2.13. The molecule has 0 aromatic heterocycles. The van der Waals surface area contributed by atoms with Gasteiger partial charge in [0.1, 0.15) is 0 Å². The van der Waals surface area contributed by atoms with E-state index in [9.17, 15) is 15.2 Å². The van der Waals surface area contributed by atoms with Crippen molar-refractivity contribution < 1.29 is 10.0 Å². The van der Waals surface area contributed by atoms with Gasteiger partial charge in [-0.1, -0.05) is 30.3 Å². The Kier molecular flexibility index (Phi) is 4.85. The lowest BCUT2D eigenvalue weighted by molar-refractivity contribution is -0.384. The molecule has 0 amide bonds. The molecule has 2 aromatic carbocycles. The van der Waals surface area contributed by atoms with Gasteiger partial charge in [-0.25, -0.2) is 0 Å². The van der Waals surface area contributed by atoms with E-state index < -0.39 is 4.92 Å². The van der Waals surface area contributed by atoms with Gasteiger partial charge in [-0.2, -0.15) is 0 Å². The Hall–Kier alpha value is -2.73. The number of nitro benzene ring substituents is 1. The molecular weight excluding hydrogens is 282 g/mol. The molecule has 6 nitrogen and oxygen atoms in total. The smallest absolute Gasteiger partial charge is 0.270 e. The van der Waals surface area contributed by atoms with E-state index in [-0.39, 0.29) is 18.3 Å². The topological polar surface area (TPSA) is 102 Å². The monoisotopic (exact) mass is 299 g/mol. The van der Waals surface area contributed by atoms with Crippen LogP contribution in [-0.4, -0.2) is 28.4 Å². The number of non-ortho nitro benzene ring substituents is 1. The van der Waals surface area contributed by atoms with Gasteiger partial charge in [-0.05, 0) is 13.0 Å². The van der Waals surface area contributed by atoms with Gasteiger partial charge >= 0.3 is 0 Å². The van der Waals surface area contributed by atoms with Gasteiger partial charge in [-0.15, -0.1) is 0 Å². The van der Waals surface area contributed by atoms with Gasteiger partial charge in [0.25, 0.3) is 5.69 Å². The van der Waals surface area contributed by atoms with Gasteiger partial charge in [-0.3, -0.25) is 15.1 Å². The minimum Gasteiger partial charge on any atom is -0.398 e. The maximum atomic E-state index is 11.0. The van der Waals surface area contributed by atoms with Crippen LogP contribution in [0.4, 0.5) is 11.4 Å². The van der Waals surface area contributed by atoms with E-state index in [1.54, 1.807) is 6.92 Å². The standard InChI is InChI=1S/C16H17N3O3/c1-11(10-20)18-16(12-5-3-2-4-6-12)14-9-13(19(21)22)7-8-15(14)17/h2-9,11,20H,10,17H2,1H3. The van der Waals surface area contributed by atoms with Gasteiger partial charge in [0.15, 0.2) is 0 Å². The summed E-state index contributed by atoms with van der Waals surface area (Å²) in [6.07, 6.45) is 0. The zero-order chi connectivity index (χ0) is 16.1.